The molecule has 5 aliphatic rings. The van der Waals surface area contributed by atoms with Gasteiger partial charge in [0.25, 0.3) is 5.91 Å². The van der Waals surface area contributed by atoms with Crippen LogP contribution in [0.5, 0.6) is 0 Å². The maximum absolute atomic E-state index is 13.9. The third kappa shape index (κ3) is 2.98. The Morgan fingerprint density at radius 1 is 1.03 bits per heavy atom. The molecule has 190 valence electrons. The van der Waals surface area contributed by atoms with E-state index in [9.17, 15) is 4.79 Å². The molecule has 2 saturated heterocycles. The normalized spacial score (nSPS) is 39.0. The summed E-state index contributed by atoms with van der Waals surface area (Å²) in [5.74, 6) is 3.00. The monoisotopic (exact) mass is 482 g/mol. The van der Waals surface area contributed by atoms with Gasteiger partial charge in [0.2, 0.25) is 0 Å². The quantitative estimate of drug-likeness (QED) is 0.508. The summed E-state index contributed by atoms with van der Waals surface area (Å²) in [6.45, 7) is 11.0. The van der Waals surface area contributed by atoms with Crippen LogP contribution in [0.2, 0.25) is 0 Å². The molecule has 2 aromatic carbocycles. The smallest absolute Gasteiger partial charge is 0.254 e. The SMILES string of the molecule is CCCC1C2[C@@H](CN1C(=O)c1ccccc1)CC1(C)C(C)N(CC3CC3)CC3Cc4ccccc4C321. The van der Waals surface area contributed by atoms with Crippen LogP contribution in [0, 0.1) is 29.1 Å². The molecule has 1 spiro atoms. The zero-order valence-electron chi connectivity index (χ0n) is 22.3. The van der Waals surface area contributed by atoms with Crippen LogP contribution in [0.15, 0.2) is 54.6 Å². The Labute approximate surface area is 217 Å². The Balaban J connectivity index is 1.35. The van der Waals surface area contributed by atoms with Gasteiger partial charge < -0.3 is 4.90 Å². The highest BCUT2D eigenvalue weighted by Crippen LogP contribution is 2.73. The molecular weight excluding hydrogens is 440 g/mol. The Bertz CT molecular complexity index is 1160. The molecular formula is C33H42N2O. The van der Waals surface area contributed by atoms with E-state index in [0.717, 1.165) is 30.9 Å². The van der Waals surface area contributed by atoms with E-state index in [1.165, 1.54) is 38.8 Å². The fourth-order valence-corrected chi connectivity index (χ4v) is 9.99. The van der Waals surface area contributed by atoms with Crippen LogP contribution in [0.3, 0.4) is 0 Å². The number of hydrogen-bond acceptors (Lipinski definition) is 2. The van der Waals surface area contributed by atoms with Gasteiger partial charge in [0.15, 0.2) is 0 Å². The largest absolute Gasteiger partial charge is 0.335 e. The molecule has 0 aromatic heterocycles. The maximum atomic E-state index is 13.9. The maximum Gasteiger partial charge on any atom is 0.254 e. The number of likely N-dealkylation sites (tertiary alicyclic amines) is 2. The number of carbonyl (C=O) groups excluding carboxylic acids is 1. The summed E-state index contributed by atoms with van der Waals surface area (Å²) in [5, 5.41) is 0. The summed E-state index contributed by atoms with van der Waals surface area (Å²) in [6.07, 6.45) is 7.58. The molecule has 4 fully saturated rings. The first kappa shape index (κ1) is 23.0. The number of benzene rings is 2. The van der Waals surface area contributed by atoms with Crippen molar-refractivity contribution < 1.29 is 4.79 Å². The summed E-state index contributed by atoms with van der Waals surface area (Å²) < 4.78 is 0. The van der Waals surface area contributed by atoms with Gasteiger partial charge in [0, 0.05) is 42.7 Å². The summed E-state index contributed by atoms with van der Waals surface area (Å²) in [7, 11) is 0. The van der Waals surface area contributed by atoms with Crippen LogP contribution in [-0.4, -0.2) is 47.4 Å². The van der Waals surface area contributed by atoms with Gasteiger partial charge in [-0.2, -0.15) is 0 Å². The summed E-state index contributed by atoms with van der Waals surface area (Å²) in [4.78, 5) is 19.1. The second kappa shape index (κ2) is 8.18. The molecule has 3 heteroatoms. The molecule has 3 nitrogen and oxygen atoms in total. The molecule has 0 radical (unpaired) electrons. The fourth-order valence-electron chi connectivity index (χ4n) is 9.99. The lowest BCUT2D eigenvalue weighted by atomic mass is 9.50. The molecule has 0 bridgehead atoms. The molecule has 2 heterocycles. The van der Waals surface area contributed by atoms with Crippen molar-refractivity contribution in [2.45, 2.75) is 76.8 Å². The van der Waals surface area contributed by atoms with Crippen molar-refractivity contribution in [2.24, 2.45) is 29.1 Å². The standard InChI is InChI=1S/C33H42N2O/c1-4-10-29-30-26(20-35(29)31(36)24-11-6-5-7-12-24)18-32(3)22(2)34(19-23-15-16-23)21-27-17-25-13-8-9-14-28(25)33(27,30)32/h5-9,11-14,22-23,26-27,29-30H,4,10,15-21H2,1-3H3/t22?,26-,27?,29?,30?,32?,33?/m1/s1. The molecule has 2 saturated carbocycles. The Morgan fingerprint density at radius 2 is 1.78 bits per heavy atom. The van der Waals surface area contributed by atoms with Crippen LogP contribution in [0.25, 0.3) is 0 Å². The summed E-state index contributed by atoms with van der Waals surface area (Å²) >= 11 is 0. The van der Waals surface area contributed by atoms with Crippen molar-refractivity contribution in [3.05, 3.63) is 71.3 Å². The third-order valence-corrected chi connectivity index (χ3v) is 11.5. The van der Waals surface area contributed by atoms with E-state index in [1.54, 1.807) is 11.1 Å². The van der Waals surface area contributed by atoms with Gasteiger partial charge in [-0.25, -0.2) is 0 Å². The van der Waals surface area contributed by atoms with Gasteiger partial charge in [0.05, 0.1) is 0 Å². The summed E-state index contributed by atoms with van der Waals surface area (Å²) in [5.41, 5.74) is 4.53. The highest BCUT2D eigenvalue weighted by molar-refractivity contribution is 5.94. The predicted molar refractivity (Wildman–Crippen MR) is 145 cm³/mol. The molecule has 2 aromatic rings. The number of nitrogens with zero attached hydrogens (tertiary/aromatic N) is 2. The van der Waals surface area contributed by atoms with Gasteiger partial charge in [-0.05, 0) is 91.4 Å². The van der Waals surface area contributed by atoms with E-state index in [1.807, 2.05) is 30.3 Å². The molecule has 36 heavy (non-hydrogen) atoms. The highest BCUT2D eigenvalue weighted by atomic mass is 16.2. The zero-order valence-corrected chi connectivity index (χ0v) is 22.3. The second-order valence-corrected chi connectivity index (χ2v) is 13.1. The van der Waals surface area contributed by atoms with E-state index < -0.39 is 0 Å². The predicted octanol–water partition coefficient (Wildman–Crippen LogP) is 6.18. The van der Waals surface area contributed by atoms with Gasteiger partial charge in [-0.1, -0.05) is 62.7 Å². The molecule has 1 amide bonds. The van der Waals surface area contributed by atoms with Crippen LogP contribution in [-0.2, 0) is 11.8 Å². The number of hydrogen-bond donors (Lipinski definition) is 0. The van der Waals surface area contributed by atoms with Crippen molar-refractivity contribution in [3.63, 3.8) is 0 Å². The molecule has 7 atom stereocenters. The number of carbonyl (C=O) groups is 1. The number of fused-ring (bicyclic) bond motifs is 2. The minimum atomic E-state index is 0.180. The lowest BCUT2D eigenvalue weighted by Crippen LogP contribution is -2.66. The van der Waals surface area contributed by atoms with E-state index in [2.05, 4.69) is 54.8 Å². The summed E-state index contributed by atoms with van der Waals surface area (Å²) in [6, 6.07) is 20.4. The van der Waals surface area contributed by atoms with Gasteiger partial charge in [-0.15, -0.1) is 0 Å². The Morgan fingerprint density at radius 3 is 2.53 bits per heavy atom. The molecule has 7 rings (SSSR count). The van der Waals surface area contributed by atoms with Crippen molar-refractivity contribution in [1.82, 2.24) is 9.80 Å². The number of rotatable bonds is 5. The Hall–Kier alpha value is -2.13. The number of amides is 1. The topological polar surface area (TPSA) is 23.6 Å². The Kier molecular flexibility index (Phi) is 5.23. The average molecular weight is 483 g/mol. The van der Waals surface area contributed by atoms with E-state index >= 15 is 0 Å². The van der Waals surface area contributed by atoms with E-state index in [-0.39, 0.29) is 16.7 Å². The molecule has 3 aliphatic carbocycles. The first-order valence-electron chi connectivity index (χ1n) is 14.7. The van der Waals surface area contributed by atoms with Crippen LogP contribution in [0.4, 0.5) is 0 Å². The number of piperidine rings is 1. The third-order valence-electron chi connectivity index (χ3n) is 11.5. The second-order valence-electron chi connectivity index (χ2n) is 13.1. The molecule has 2 aliphatic heterocycles. The first-order chi connectivity index (χ1) is 17.5. The minimum absolute atomic E-state index is 0.180. The van der Waals surface area contributed by atoms with Gasteiger partial charge >= 0.3 is 0 Å². The van der Waals surface area contributed by atoms with Crippen molar-refractivity contribution in [3.8, 4) is 0 Å². The van der Waals surface area contributed by atoms with Gasteiger partial charge in [0.1, 0.15) is 0 Å². The van der Waals surface area contributed by atoms with Crippen molar-refractivity contribution in [2.75, 3.05) is 19.6 Å². The minimum Gasteiger partial charge on any atom is -0.335 e. The first-order valence-corrected chi connectivity index (χ1v) is 14.7. The van der Waals surface area contributed by atoms with Gasteiger partial charge in [-0.3, -0.25) is 9.69 Å². The zero-order chi connectivity index (χ0) is 24.7. The van der Waals surface area contributed by atoms with E-state index in [4.69, 9.17) is 0 Å². The van der Waals surface area contributed by atoms with Crippen LogP contribution >= 0.6 is 0 Å². The van der Waals surface area contributed by atoms with Crippen molar-refractivity contribution in [1.29, 1.82) is 0 Å². The average Bonchev–Trinajstić information content (AvgIpc) is 3.47. The highest BCUT2D eigenvalue weighted by Gasteiger charge is 2.74. The van der Waals surface area contributed by atoms with E-state index in [0.29, 0.717) is 29.8 Å². The lowest BCUT2D eigenvalue weighted by molar-refractivity contribution is -0.0776. The van der Waals surface area contributed by atoms with Crippen LogP contribution in [0.1, 0.15) is 74.4 Å². The molecule has 6 unspecified atom stereocenters. The molecule has 0 N–H and O–H groups in total. The fraction of sp³-hybridized carbons (Fsp3) is 0.606. The van der Waals surface area contributed by atoms with Crippen LogP contribution < -0.4 is 0 Å². The lowest BCUT2D eigenvalue weighted by Gasteiger charge is -2.61. The van der Waals surface area contributed by atoms with Crippen molar-refractivity contribution >= 4 is 5.91 Å².